The van der Waals surface area contributed by atoms with Crippen molar-refractivity contribution in [1.29, 1.82) is 0 Å². The number of nitrogens with one attached hydrogen (secondary N) is 1. The second-order valence-corrected chi connectivity index (χ2v) is 6.13. The lowest BCUT2D eigenvalue weighted by Crippen LogP contribution is -2.06. The summed E-state index contributed by atoms with van der Waals surface area (Å²) in [6, 6.07) is 14.5. The van der Waals surface area contributed by atoms with Crippen LogP contribution in [-0.2, 0) is 0 Å². The zero-order valence-electron chi connectivity index (χ0n) is 10.8. The lowest BCUT2D eigenvalue weighted by Gasteiger charge is -2.17. The van der Waals surface area contributed by atoms with Gasteiger partial charge in [0.25, 0.3) is 0 Å². The van der Waals surface area contributed by atoms with Crippen molar-refractivity contribution in [3.63, 3.8) is 0 Å². The van der Waals surface area contributed by atoms with Crippen LogP contribution in [0.2, 0.25) is 0 Å². The van der Waals surface area contributed by atoms with Crippen LogP contribution in [0.15, 0.2) is 51.4 Å². The SMILES string of the molecule is COc1cc(Br)cc(NC(C)c2ccc(Br)cc2)c1. The van der Waals surface area contributed by atoms with Gasteiger partial charge < -0.3 is 10.1 Å². The fraction of sp³-hybridized carbons (Fsp3) is 0.200. The highest BCUT2D eigenvalue weighted by Crippen LogP contribution is 2.27. The number of methoxy groups -OCH3 is 1. The van der Waals surface area contributed by atoms with E-state index in [4.69, 9.17) is 4.74 Å². The fourth-order valence-electron chi connectivity index (χ4n) is 1.85. The Labute approximate surface area is 130 Å². The number of hydrogen-bond donors (Lipinski definition) is 1. The largest absolute Gasteiger partial charge is 0.497 e. The van der Waals surface area contributed by atoms with Gasteiger partial charge in [0, 0.05) is 26.7 Å². The highest BCUT2D eigenvalue weighted by atomic mass is 79.9. The highest BCUT2D eigenvalue weighted by Gasteiger charge is 2.06. The van der Waals surface area contributed by atoms with Crippen molar-refractivity contribution >= 4 is 37.5 Å². The first kappa shape index (κ1) is 14.4. The summed E-state index contributed by atoms with van der Waals surface area (Å²) in [6.07, 6.45) is 0. The quantitative estimate of drug-likeness (QED) is 0.762. The van der Waals surface area contributed by atoms with Crippen molar-refractivity contribution in [3.8, 4) is 5.75 Å². The molecule has 0 bridgehead atoms. The Morgan fingerprint density at radius 2 is 1.68 bits per heavy atom. The molecule has 0 fully saturated rings. The third kappa shape index (κ3) is 3.98. The number of rotatable bonds is 4. The monoisotopic (exact) mass is 383 g/mol. The average molecular weight is 385 g/mol. The molecule has 1 atom stereocenters. The van der Waals surface area contributed by atoms with Crippen LogP contribution in [0, 0.1) is 0 Å². The summed E-state index contributed by atoms with van der Waals surface area (Å²) in [5.74, 6) is 0.833. The molecule has 100 valence electrons. The Morgan fingerprint density at radius 3 is 2.32 bits per heavy atom. The Balaban J connectivity index is 2.16. The molecule has 2 aromatic rings. The standard InChI is InChI=1S/C15H15Br2NO/c1-10(11-3-5-12(16)6-4-11)18-14-7-13(17)8-15(9-14)19-2/h3-10,18H,1-2H3. The minimum atomic E-state index is 0.229. The van der Waals surface area contributed by atoms with Gasteiger partial charge in [0.05, 0.1) is 7.11 Å². The van der Waals surface area contributed by atoms with Gasteiger partial charge in [0.1, 0.15) is 5.75 Å². The summed E-state index contributed by atoms with van der Waals surface area (Å²) < 4.78 is 7.35. The van der Waals surface area contributed by atoms with Crippen LogP contribution < -0.4 is 10.1 Å². The summed E-state index contributed by atoms with van der Waals surface area (Å²) in [6.45, 7) is 2.14. The van der Waals surface area contributed by atoms with Gasteiger partial charge >= 0.3 is 0 Å². The lowest BCUT2D eigenvalue weighted by molar-refractivity contribution is 0.414. The van der Waals surface area contributed by atoms with Gasteiger partial charge in [-0.15, -0.1) is 0 Å². The first-order chi connectivity index (χ1) is 9.08. The summed E-state index contributed by atoms with van der Waals surface area (Å²) in [4.78, 5) is 0. The second kappa shape index (κ2) is 6.44. The molecule has 0 aliphatic heterocycles. The van der Waals surface area contributed by atoms with Gasteiger partial charge in [-0.25, -0.2) is 0 Å². The Kier molecular flexibility index (Phi) is 4.88. The average Bonchev–Trinajstić information content (AvgIpc) is 2.38. The van der Waals surface area contributed by atoms with Gasteiger partial charge in [-0.05, 0) is 36.8 Å². The molecule has 0 saturated heterocycles. The van der Waals surface area contributed by atoms with Crippen LogP contribution in [-0.4, -0.2) is 7.11 Å². The second-order valence-electron chi connectivity index (χ2n) is 4.30. The molecule has 2 aromatic carbocycles. The number of anilines is 1. The molecule has 2 rings (SSSR count). The fourth-order valence-corrected chi connectivity index (χ4v) is 2.59. The van der Waals surface area contributed by atoms with Crippen molar-refractivity contribution in [3.05, 3.63) is 57.0 Å². The maximum absolute atomic E-state index is 5.26. The molecule has 0 aliphatic rings. The van der Waals surface area contributed by atoms with E-state index in [1.807, 2.05) is 18.2 Å². The molecule has 0 spiro atoms. The van der Waals surface area contributed by atoms with Crippen molar-refractivity contribution < 1.29 is 4.74 Å². The first-order valence-electron chi connectivity index (χ1n) is 5.95. The highest BCUT2D eigenvalue weighted by molar-refractivity contribution is 9.10. The number of halogens is 2. The molecule has 0 aromatic heterocycles. The molecule has 19 heavy (non-hydrogen) atoms. The van der Waals surface area contributed by atoms with E-state index in [9.17, 15) is 0 Å². The predicted octanol–water partition coefficient (Wildman–Crippen LogP) is 5.39. The molecule has 4 heteroatoms. The molecular formula is C15H15Br2NO. The van der Waals surface area contributed by atoms with E-state index in [0.29, 0.717) is 0 Å². The third-order valence-electron chi connectivity index (χ3n) is 2.86. The lowest BCUT2D eigenvalue weighted by atomic mass is 10.1. The zero-order chi connectivity index (χ0) is 13.8. The third-order valence-corrected chi connectivity index (χ3v) is 3.85. The smallest absolute Gasteiger partial charge is 0.122 e. The molecule has 0 heterocycles. The van der Waals surface area contributed by atoms with Gasteiger partial charge in [-0.1, -0.05) is 44.0 Å². The van der Waals surface area contributed by atoms with E-state index in [-0.39, 0.29) is 6.04 Å². The number of ether oxygens (including phenoxy) is 1. The van der Waals surface area contributed by atoms with E-state index in [0.717, 1.165) is 20.4 Å². The van der Waals surface area contributed by atoms with Crippen LogP contribution in [0.25, 0.3) is 0 Å². The van der Waals surface area contributed by atoms with Crippen molar-refractivity contribution in [1.82, 2.24) is 0 Å². The van der Waals surface area contributed by atoms with E-state index in [2.05, 4.69) is 68.4 Å². The molecule has 0 radical (unpaired) electrons. The van der Waals surface area contributed by atoms with Crippen molar-refractivity contribution in [2.75, 3.05) is 12.4 Å². The van der Waals surface area contributed by atoms with Crippen LogP contribution in [0.3, 0.4) is 0 Å². The summed E-state index contributed by atoms with van der Waals surface area (Å²) in [7, 11) is 1.67. The molecule has 2 nitrogen and oxygen atoms in total. The Morgan fingerprint density at radius 1 is 1.00 bits per heavy atom. The molecule has 0 aliphatic carbocycles. The van der Waals surface area contributed by atoms with Crippen LogP contribution >= 0.6 is 31.9 Å². The van der Waals surface area contributed by atoms with E-state index >= 15 is 0 Å². The van der Waals surface area contributed by atoms with Crippen LogP contribution in [0.4, 0.5) is 5.69 Å². The van der Waals surface area contributed by atoms with Crippen LogP contribution in [0.5, 0.6) is 5.75 Å². The zero-order valence-corrected chi connectivity index (χ0v) is 14.0. The van der Waals surface area contributed by atoms with Gasteiger partial charge in [0.15, 0.2) is 0 Å². The minimum Gasteiger partial charge on any atom is -0.497 e. The summed E-state index contributed by atoms with van der Waals surface area (Å²) >= 11 is 6.93. The van der Waals surface area contributed by atoms with Gasteiger partial charge in [0.2, 0.25) is 0 Å². The van der Waals surface area contributed by atoms with E-state index < -0.39 is 0 Å². The van der Waals surface area contributed by atoms with Crippen molar-refractivity contribution in [2.24, 2.45) is 0 Å². The molecular weight excluding hydrogens is 370 g/mol. The maximum atomic E-state index is 5.26. The first-order valence-corrected chi connectivity index (χ1v) is 7.53. The molecule has 1 N–H and O–H groups in total. The molecule has 0 amide bonds. The van der Waals surface area contributed by atoms with Crippen LogP contribution in [0.1, 0.15) is 18.5 Å². The normalized spacial score (nSPS) is 12.0. The van der Waals surface area contributed by atoms with Crippen molar-refractivity contribution in [2.45, 2.75) is 13.0 Å². The maximum Gasteiger partial charge on any atom is 0.122 e. The van der Waals surface area contributed by atoms with Gasteiger partial charge in [-0.2, -0.15) is 0 Å². The summed E-state index contributed by atoms with van der Waals surface area (Å²) in [5.41, 5.74) is 2.27. The van der Waals surface area contributed by atoms with E-state index in [1.54, 1.807) is 7.11 Å². The Hall–Kier alpha value is -1.00. The van der Waals surface area contributed by atoms with E-state index in [1.165, 1.54) is 5.56 Å². The molecule has 0 saturated carbocycles. The number of hydrogen-bond acceptors (Lipinski definition) is 2. The minimum absolute atomic E-state index is 0.229. The summed E-state index contributed by atoms with van der Waals surface area (Å²) in [5, 5.41) is 3.47. The predicted molar refractivity (Wildman–Crippen MR) is 86.9 cm³/mol. The Bertz CT molecular complexity index is 555. The van der Waals surface area contributed by atoms with Gasteiger partial charge in [-0.3, -0.25) is 0 Å². The molecule has 1 unspecified atom stereocenters. The topological polar surface area (TPSA) is 21.3 Å². The number of benzene rings is 2.